The molecule has 10 nitrogen and oxygen atoms in total. The number of nitrogens with zero attached hydrogens (tertiary/aromatic N) is 5. The van der Waals surface area contributed by atoms with Crippen LogP contribution in [0.5, 0.6) is 0 Å². The van der Waals surface area contributed by atoms with Crippen LogP contribution >= 0.6 is 0 Å². The van der Waals surface area contributed by atoms with Crippen LogP contribution in [0.1, 0.15) is 77.8 Å². The number of carbonyl (C=O) groups is 1. The average molecular weight is 604 g/mol. The molecule has 3 N–H and O–H groups in total. The van der Waals surface area contributed by atoms with E-state index in [9.17, 15) is 23.1 Å². The van der Waals surface area contributed by atoms with Crippen molar-refractivity contribution in [3.05, 3.63) is 36.0 Å². The molecular formula is C30H40F3N7O3. The van der Waals surface area contributed by atoms with Crippen molar-refractivity contribution < 1.29 is 27.8 Å². The molecule has 1 amide bonds. The van der Waals surface area contributed by atoms with Gasteiger partial charge in [-0.25, -0.2) is 14.8 Å². The fourth-order valence-corrected chi connectivity index (χ4v) is 5.99. The lowest BCUT2D eigenvalue weighted by atomic mass is 9.85. The highest BCUT2D eigenvalue weighted by molar-refractivity contribution is 5.76. The third-order valence-corrected chi connectivity index (χ3v) is 8.55. The summed E-state index contributed by atoms with van der Waals surface area (Å²) < 4.78 is 47.8. The summed E-state index contributed by atoms with van der Waals surface area (Å²) in [6.45, 7) is 9.52. The third-order valence-electron chi connectivity index (χ3n) is 8.55. The van der Waals surface area contributed by atoms with Gasteiger partial charge in [0.15, 0.2) is 5.65 Å². The quantitative estimate of drug-likeness (QED) is 0.262. The van der Waals surface area contributed by atoms with Gasteiger partial charge < -0.3 is 25.4 Å². The Labute approximate surface area is 249 Å². The summed E-state index contributed by atoms with van der Waals surface area (Å²) in [5.41, 5.74) is -0.0946. The van der Waals surface area contributed by atoms with Crippen LogP contribution in [0.15, 0.2) is 30.5 Å². The number of rotatable bonds is 7. The highest BCUT2D eigenvalue weighted by Crippen LogP contribution is 2.39. The van der Waals surface area contributed by atoms with Crippen molar-refractivity contribution in [2.75, 3.05) is 30.4 Å². The van der Waals surface area contributed by atoms with Crippen LogP contribution in [0.4, 0.5) is 35.5 Å². The number of hydrogen-bond donors (Lipinski definition) is 3. The second kappa shape index (κ2) is 11.8. The van der Waals surface area contributed by atoms with Crippen LogP contribution in [0.25, 0.3) is 11.2 Å². The molecular weight excluding hydrogens is 563 g/mol. The minimum atomic E-state index is -4.47. The lowest BCUT2D eigenvalue weighted by Gasteiger charge is -2.38. The predicted octanol–water partition coefficient (Wildman–Crippen LogP) is 7.08. The first-order chi connectivity index (χ1) is 20.2. The Bertz CT molecular complexity index is 1440. The van der Waals surface area contributed by atoms with Crippen LogP contribution in [-0.2, 0) is 10.9 Å². The van der Waals surface area contributed by atoms with E-state index >= 15 is 0 Å². The smallest absolute Gasteiger partial charge is 0.416 e. The maximum Gasteiger partial charge on any atom is 0.416 e. The zero-order valence-electron chi connectivity index (χ0n) is 25.0. The maximum absolute atomic E-state index is 13.4. The molecule has 0 unspecified atom stereocenters. The van der Waals surface area contributed by atoms with Crippen molar-refractivity contribution in [1.29, 1.82) is 0 Å². The second-order valence-corrected chi connectivity index (χ2v) is 12.9. The van der Waals surface area contributed by atoms with E-state index in [-0.39, 0.29) is 23.2 Å². The molecule has 13 heteroatoms. The molecule has 2 aliphatic rings. The number of amides is 1. The van der Waals surface area contributed by atoms with Crippen LogP contribution in [-0.4, -0.2) is 66.5 Å². The van der Waals surface area contributed by atoms with E-state index in [0.717, 1.165) is 50.7 Å². The molecule has 2 aromatic heterocycles. The number of anilines is 3. The van der Waals surface area contributed by atoms with Gasteiger partial charge >= 0.3 is 12.3 Å². The monoisotopic (exact) mass is 603 g/mol. The predicted molar refractivity (Wildman–Crippen MR) is 158 cm³/mol. The number of benzene rings is 1. The number of halogens is 3. The molecule has 3 heterocycles. The van der Waals surface area contributed by atoms with Gasteiger partial charge in [-0.15, -0.1) is 0 Å². The van der Waals surface area contributed by atoms with E-state index < -0.39 is 23.4 Å². The normalized spacial score (nSPS) is 21.0. The van der Waals surface area contributed by atoms with Gasteiger partial charge in [0.2, 0.25) is 11.9 Å². The number of ether oxygens (including phenoxy) is 1. The summed E-state index contributed by atoms with van der Waals surface area (Å²) in [7, 11) is 0. The zero-order valence-corrected chi connectivity index (χ0v) is 25.0. The van der Waals surface area contributed by atoms with Crippen LogP contribution < -0.4 is 10.6 Å². The SMILES string of the molecule is CC1(Nc2ncc3nc(Nc4cccc(C(F)(F)F)c4)n(C4CCC(CN(C(=O)O)C(C)(C)C)CC4)c3n2)CCOCC1. The van der Waals surface area contributed by atoms with E-state index in [1.807, 2.05) is 25.3 Å². The van der Waals surface area contributed by atoms with Gasteiger partial charge in [0.1, 0.15) is 5.52 Å². The Hall–Kier alpha value is -3.61. The Kier molecular flexibility index (Phi) is 8.47. The van der Waals surface area contributed by atoms with Gasteiger partial charge in [0, 0.05) is 42.6 Å². The molecule has 2 fully saturated rings. The van der Waals surface area contributed by atoms with E-state index in [4.69, 9.17) is 14.7 Å². The lowest BCUT2D eigenvalue weighted by Crippen LogP contribution is -2.47. The molecule has 0 spiro atoms. The number of carboxylic acid groups (broad SMARTS) is 1. The van der Waals surface area contributed by atoms with Gasteiger partial charge in [-0.2, -0.15) is 18.2 Å². The van der Waals surface area contributed by atoms with E-state index in [1.54, 1.807) is 12.3 Å². The van der Waals surface area contributed by atoms with Crippen molar-refractivity contribution in [3.63, 3.8) is 0 Å². The van der Waals surface area contributed by atoms with Crippen molar-refractivity contribution >= 4 is 34.8 Å². The van der Waals surface area contributed by atoms with Gasteiger partial charge in [0.25, 0.3) is 0 Å². The minimum absolute atomic E-state index is 0.0381. The van der Waals surface area contributed by atoms with Crippen LogP contribution in [0, 0.1) is 5.92 Å². The van der Waals surface area contributed by atoms with Crippen molar-refractivity contribution in [3.8, 4) is 0 Å². The Morgan fingerprint density at radius 1 is 1.14 bits per heavy atom. The number of fused-ring (bicyclic) bond motifs is 1. The second-order valence-electron chi connectivity index (χ2n) is 12.9. The van der Waals surface area contributed by atoms with E-state index in [0.29, 0.717) is 42.8 Å². The fourth-order valence-electron chi connectivity index (χ4n) is 5.99. The van der Waals surface area contributed by atoms with E-state index in [1.165, 1.54) is 11.0 Å². The average Bonchev–Trinajstić information content (AvgIpc) is 3.28. The molecule has 0 bridgehead atoms. The lowest BCUT2D eigenvalue weighted by molar-refractivity contribution is -0.137. The fraction of sp³-hybridized carbons (Fsp3) is 0.600. The molecule has 3 aromatic rings. The molecule has 1 aliphatic heterocycles. The first kappa shape index (κ1) is 30.8. The minimum Gasteiger partial charge on any atom is -0.465 e. The number of hydrogen-bond acceptors (Lipinski definition) is 7. The molecule has 1 aliphatic carbocycles. The molecule has 5 rings (SSSR count). The largest absolute Gasteiger partial charge is 0.465 e. The van der Waals surface area contributed by atoms with Gasteiger partial charge in [-0.05, 0) is 90.3 Å². The molecule has 1 saturated carbocycles. The Balaban J connectivity index is 1.45. The first-order valence-corrected chi connectivity index (χ1v) is 14.8. The molecule has 1 aromatic carbocycles. The maximum atomic E-state index is 13.4. The van der Waals surface area contributed by atoms with Crippen molar-refractivity contribution in [2.24, 2.45) is 5.92 Å². The van der Waals surface area contributed by atoms with Gasteiger partial charge in [0.05, 0.1) is 11.8 Å². The third kappa shape index (κ3) is 7.14. The summed E-state index contributed by atoms with van der Waals surface area (Å²) in [6, 6.07) is 5.01. The highest BCUT2D eigenvalue weighted by atomic mass is 19.4. The number of alkyl halides is 3. The van der Waals surface area contributed by atoms with Gasteiger partial charge in [-0.3, -0.25) is 4.57 Å². The Morgan fingerprint density at radius 3 is 2.47 bits per heavy atom. The van der Waals surface area contributed by atoms with E-state index in [2.05, 4.69) is 22.5 Å². The molecule has 0 atom stereocenters. The summed E-state index contributed by atoms with van der Waals surface area (Å²) in [4.78, 5) is 27.5. The topological polar surface area (TPSA) is 117 Å². The molecule has 43 heavy (non-hydrogen) atoms. The standard InChI is InChI=1S/C30H40F3N7O3/c1-28(2,3)39(27(41)42)18-19-8-10-22(11-9-19)40-24-23(17-34-25(37-24)38-29(4)12-14-43-15-13-29)36-26(40)35-21-7-5-6-20(16-21)30(31,32)33/h5-7,16-17,19,22H,8-15,18H2,1-4H3,(H,35,36)(H,41,42)(H,34,37,38). The molecule has 1 saturated heterocycles. The number of aromatic nitrogens is 4. The summed E-state index contributed by atoms with van der Waals surface area (Å²) in [5, 5.41) is 16.4. The van der Waals surface area contributed by atoms with Crippen LogP contribution in [0.2, 0.25) is 0 Å². The summed E-state index contributed by atoms with van der Waals surface area (Å²) in [5.74, 6) is 1.05. The van der Waals surface area contributed by atoms with Crippen molar-refractivity contribution in [2.45, 2.75) is 89.5 Å². The molecule has 234 valence electrons. The first-order valence-electron chi connectivity index (χ1n) is 14.8. The molecule has 0 radical (unpaired) electrons. The summed E-state index contributed by atoms with van der Waals surface area (Å²) >= 11 is 0. The zero-order chi connectivity index (χ0) is 31.0. The van der Waals surface area contributed by atoms with Crippen molar-refractivity contribution in [1.82, 2.24) is 24.4 Å². The van der Waals surface area contributed by atoms with Gasteiger partial charge in [-0.1, -0.05) is 6.07 Å². The Morgan fingerprint density at radius 2 is 1.84 bits per heavy atom. The van der Waals surface area contributed by atoms with Crippen LogP contribution in [0.3, 0.4) is 0 Å². The highest BCUT2D eigenvalue weighted by Gasteiger charge is 2.34. The number of imidazole rings is 1. The summed E-state index contributed by atoms with van der Waals surface area (Å²) in [6.07, 6.45) is 0.921. The number of nitrogens with one attached hydrogen (secondary N) is 2.